The Kier molecular flexibility index (Phi) is 3.31. The maximum Gasteiger partial charge on any atom is 0.113 e. The Labute approximate surface area is 92.2 Å². The first-order chi connectivity index (χ1) is 7.09. The highest BCUT2D eigenvalue weighted by Gasteiger charge is 2.41. The molecule has 0 aliphatic carbocycles. The molecule has 2 fully saturated rings. The lowest BCUT2D eigenvalue weighted by molar-refractivity contribution is 0.00748. The minimum absolute atomic E-state index is 0.217. The lowest BCUT2D eigenvalue weighted by Crippen LogP contribution is -2.51. The van der Waals surface area contributed by atoms with Gasteiger partial charge in [0.25, 0.3) is 0 Å². The summed E-state index contributed by atoms with van der Waals surface area (Å²) < 4.78 is 14.4. The quantitative estimate of drug-likeness (QED) is 0.714. The average molecular weight is 214 g/mol. The molecule has 2 aliphatic heterocycles. The molecule has 2 nitrogen and oxygen atoms in total. The lowest BCUT2D eigenvalue weighted by atomic mass is 9.73. The summed E-state index contributed by atoms with van der Waals surface area (Å²) in [5.41, 5.74) is -0.950. The monoisotopic (exact) mass is 214 g/mol. The van der Waals surface area contributed by atoms with Gasteiger partial charge in [0, 0.05) is 19.0 Å². The van der Waals surface area contributed by atoms with Gasteiger partial charge in [0.05, 0.1) is 0 Å². The van der Waals surface area contributed by atoms with Crippen LogP contribution in [-0.2, 0) is 0 Å². The molecule has 0 aromatic heterocycles. The summed E-state index contributed by atoms with van der Waals surface area (Å²) in [6.07, 6.45) is 3.11. The Hall–Kier alpha value is -0.150. The Morgan fingerprint density at radius 2 is 2.27 bits per heavy atom. The van der Waals surface area contributed by atoms with E-state index in [2.05, 4.69) is 17.3 Å². The highest BCUT2D eigenvalue weighted by atomic mass is 19.1. The van der Waals surface area contributed by atoms with E-state index >= 15 is 0 Å². The van der Waals surface area contributed by atoms with Gasteiger partial charge >= 0.3 is 0 Å². The minimum Gasteiger partial charge on any atom is -0.316 e. The van der Waals surface area contributed by atoms with Crippen molar-refractivity contribution in [2.24, 2.45) is 11.8 Å². The zero-order chi connectivity index (χ0) is 10.9. The number of nitrogens with one attached hydrogen (secondary N) is 1. The van der Waals surface area contributed by atoms with Crippen molar-refractivity contribution in [3.8, 4) is 0 Å². The van der Waals surface area contributed by atoms with Gasteiger partial charge in [-0.15, -0.1) is 0 Å². The van der Waals surface area contributed by atoms with Crippen LogP contribution in [0.2, 0.25) is 0 Å². The highest BCUT2D eigenvalue weighted by Crippen LogP contribution is 2.37. The fourth-order valence-corrected chi connectivity index (χ4v) is 3.18. The summed E-state index contributed by atoms with van der Waals surface area (Å²) in [4.78, 5) is 2.35. The first-order valence-corrected chi connectivity index (χ1v) is 6.18. The number of alkyl halides is 1. The predicted molar refractivity (Wildman–Crippen MR) is 60.7 cm³/mol. The molecule has 2 aliphatic rings. The van der Waals surface area contributed by atoms with E-state index in [0.29, 0.717) is 12.3 Å². The molecule has 2 heterocycles. The number of piperidine rings is 2. The summed E-state index contributed by atoms with van der Waals surface area (Å²) in [5, 5.41) is 3.34. The van der Waals surface area contributed by atoms with Crippen LogP contribution in [0, 0.1) is 11.8 Å². The third-order valence-corrected chi connectivity index (χ3v) is 4.16. The van der Waals surface area contributed by atoms with Crippen molar-refractivity contribution >= 4 is 0 Å². The summed E-state index contributed by atoms with van der Waals surface area (Å²) in [6, 6.07) is 0. The van der Waals surface area contributed by atoms with E-state index in [4.69, 9.17) is 0 Å². The van der Waals surface area contributed by atoms with Crippen LogP contribution in [0.25, 0.3) is 0 Å². The lowest BCUT2D eigenvalue weighted by Gasteiger charge is -2.43. The SMILES string of the molecule is CN1CCCC(C2CNCCC2(C)F)C1. The molecule has 0 aromatic rings. The van der Waals surface area contributed by atoms with Crippen LogP contribution in [-0.4, -0.2) is 43.8 Å². The second-order valence-corrected chi connectivity index (χ2v) is 5.50. The number of halogens is 1. The maximum absolute atomic E-state index is 14.4. The second-order valence-electron chi connectivity index (χ2n) is 5.50. The van der Waals surface area contributed by atoms with E-state index in [9.17, 15) is 4.39 Å². The summed E-state index contributed by atoms with van der Waals surface area (Å²) >= 11 is 0. The van der Waals surface area contributed by atoms with E-state index in [1.54, 1.807) is 6.92 Å². The van der Waals surface area contributed by atoms with Crippen LogP contribution in [0.1, 0.15) is 26.2 Å². The van der Waals surface area contributed by atoms with Gasteiger partial charge in [-0.25, -0.2) is 4.39 Å². The number of rotatable bonds is 1. The number of likely N-dealkylation sites (tertiary alicyclic amines) is 1. The molecule has 0 aromatic carbocycles. The van der Waals surface area contributed by atoms with Crippen molar-refractivity contribution < 1.29 is 4.39 Å². The van der Waals surface area contributed by atoms with Gasteiger partial charge in [0.2, 0.25) is 0 Å². The zero-order valence-electron chi connectivity index (χ0n) is 9.93. The fourth-order valence-electron chi connectivity index (χ4n) is 3.18. The van der Waals surface area contributed by atoms with Gasteiger partial charge in [-0.1, -0.05) is 0 Å². The first-order valence-electron chi connectivity index (χ1n) is 6.18. The standard InChI is InChI=1S/C12H23FN2/c1-12(13)5-6-14-8-11(12)10-4-3-7-15(2)9-10/h10-11,14H,3-9H2,1-2H3. The van der Waals surface area contributed by atoms with Crippen molar-refractivity contribution in [1.29, 1.82) is 0 Å². The van der Waals surface area contributed by atoms with Crippen LogP contribution in [0.15, 0.2) is 0 Å². The Morgan fingerprint density at radius 1 is 1.47 bits per heavy atom. The zero-order valence-corrected chi connectivity index (χ0v) is 9.93. The van der Waals surface area contributed by atoms with Gasteiger partial charge in [0.15, 0.2) is 0 Å². The number of hydrogen-bond donors (Lipinski definition) is 1. The third-order valence-electron chi connectivity index (χ3n) is 4.16. The van der Waals surface area contributed by atoms with Gasteiger partial charge < -0.3 is 10.2 Å². The molecular weight excluding hydrogens is 191 g/mol. The largest absolute Gasteiger partial charge is 0.316 e. The van der Waals surface area contributed by atoms with Crippen molar-refractivity contribution in [2.45, 2.75) is 31.9 Å². The van der Waals surface area contributed by atoms with E-state index < -0.39 is 5.67 Å². The molecule has 0 amide bonds. The second kappa shape index (κ2) is 4.38. The summed E-state index contributed by atoms with van der Waals surface area (Å²) in [5.74, 6) is 0.764. The predicted octanol–water partition coefficient (Wildman–Crippen LogP) is 1.67. The van der Waals surface area contributed by atoms with Crippen LogP contribution >= 0.6 is 0 Å². The van der Waals surface area contributed by atoms with Crippen LogP contribution in [0.5, 0.6) is 0 Å². The average Bonchev–Trinajstić information content (AvgIpc) is 2.17. The van der Waals surface area contributed by atoms with Gasteiger partial charge in [0.1, 0.15) is 5.67 Å². The summed E-state index contributed by atoms with van der Waals surface area (Å²) in [6.45, 7) is 5.76. The summed E-state index contributed by atoms with van der Waals surface area (Å²) in [7, 11) is 2.15. The van der Waals surface area contributed by atoms with Crippen molar-refractivity contribution in [1.82, 2.24) is 10.2 Å². The Bertz CT molecular complexity index is 218. The molecule has 3 heteroatoms. The fraction of sp³-hybridized carbons (Fsp3) is 1.00. The third kappa shape index (κ3) is 2.51. The highest BCUT2D eigenvalue weighted by molar-refractivity contribution is 4.94. The molecule has 1 N–H and O–H groups in total. The van der Waals surface area contributed by atoms with Crippen LogP contribution < -0.4 is 5.32 Å². The van der Waals surface area contributed by atoms with Gasteiger partial charge in [-0.05, 0) is 52.2 Å². The van der Waals surface area contributed by atoms with Crippen molar-refractivity contribution in [3.63, 3.8) is 0 Å². The normalized spacial score (nSPS) is 44.2. The van der Waals surface area contributed by atoms with E-state index in [-0.39, 0.29) is 5.92 Å². The Balaban J connectivity index is 2.01. The van der Waals surface area contributed by atoms with Gasteiger partial charge in [-0.3, -0.25) is 0 Å². The maximum atomic E-state index is 14.4. The molecule has 0 saturated carbocycles. The molecule has 88 valence electrons. The smallest absolute Gasteiger partial charge is 0.113 e. The van der Waals surface area contributed by atoms with Gasteiger partial charge in [-0.2, -0.15) is 0 Å². The van der Waals surface area contributed by atoms with E-state index in [0.717, 1.165) is 19.6 Å². The molecule has 15 heavy (non-hydrogen) atoms. The molecule has 3 atom stereocenters. The first kappa shape index (κ1) is 11.3. The topological polar surface area (TPSA) is 15.3 Å². The molecule has 2 rings (SSSR count). The van der Waals surface area contributed by atoms with Crippen LogP contribution in [0.3, 0.4) is 0 Å². The molecule has 2 saturated heterocycles. The van der Waals surface area contributed by atoms with Crippen molar-refractivity contribution in [2.75, 3.05) is 33.2 Å². The van der Waals surface area contributed by atoms with E-state index in [1.807, 2.05) is 0 Å². The number of nitrogens with zero attached hydrogens (tertiary/aromatic N) is 1. The minimum atomic E-state index is -0.950. The van der Waals surface area contributed by atoms with Crippen LogP contribution in [0.4, 0.5) is 4.39 Å². The molecular formula is C12H23FN2. The molecule has 0 spiro atoms. The van der Waals surface area contributed by atoms with E-state index in [1.165, 1.54) is 19.4 Å². The molecule has 0 bridgehead atoms. The molecule has 0 radical (unpaired) electrons. The van der Waals surface area contributed by atoms with Crippen molar-refractivity contribution in [3.05, 3.63) is 0 Å². The molecule has 3 unspecified atom stereocenters. The number of hydrogen-bond acceptors (Lipinski definition) is 2. The Morgan fingerprint density at radius 3 is 2.93 bits per heavy atom.